The number of methoxy groups -OCH3 is 1. The molecule has 0 fully saturated rings. The second-order valence-electron chi connectivity index (χ2n) is 6.71. The minimum Gasteiger partial charge on any atom is -0.497 e. The van der Waals surface area contributed by atoms with Crippen LogP contribution in [0.2, 0.25) is 0 Å². The average Bonchev–Trinajstić information content (AvgIpc) is 2.93. The van der Waals surface area contributed by atoms with E-state index in [1.165, 1.54) is 5.56 Å². The van der Waals surface area contributed by atoms with E-state index in [4.69, 9.17) is 9.47 Å². The summed E-state index contributed by atoms with van der Waals surface area (Å²) in [5, 5.41) is 0. The highest BCUT2D eigenvalue weighted by atomic mass is 16.5. The smallest absolute Gasteiger partial charge is 0.254 e. The van der Waals surface area contributed by atoms with Gasteiger partial charge in [0.05, 0.1) is 13.7 Å². The first-order valence-electron chi connectivity index (χ1n) is 9.54. The molecule has 2 aromatic carbocycles. The first-order chi connectivity index (χ1) is 13.1. The molecule has 2 aromatic rings. The lowest BCUT2D eigenvalue weighted by Gasteiger charge is -2.21. The number of ether oxygens (including phenoxy) is 2. The van der Waals surface area contributed by atoms with Gasteiger partial charge in [0.15, 0.2) is 0 Å². The van der Waals surface area contributed by atoms with E-state index >= 15 is 0 Å². The van der Waals surface area contributed by atoms with Gasteiger partial charge in [-0.2, -0.15) is 0 Å². The van der Waals surface area contributed by atoms with E-state index in [2.05, 4.69) is 30.9 Å². The van der Waals surface area contributed by atoms with Crippen LogP contribution in [-0.2, 0) is 13.1 Å². The Morgan fingerprint density at radius 2 is 1.89 bits per heavy atom. The Bertz CT molecular complexity index is 770. The molecule has 0 saturated heterocycles. The molecule has 1 aliphatic heterocycles. The molecule has 0 N–H and O–H groups in total. The van der Waals surface area contributed by atoms with Crippen molar-refractivity contribution in [2.24, 2.45) is 0 Å². The summed E-state index contributed by atoms with van der Waals surface area (Å²) in [5.41, 5.74) is 2.98. The molecule has 1 aliphatic rings. The van der Waals surface area contributed by atoms with Crippen molar-refractivity contribution in [1.82, 2.24) is 9.80 Å². The van der Waals surface area contributed by atoms with E-state index in [1.54, 1.807) is 7.11 Å². The van der Waals surface area contributed by atoms with Crippen molar-refractivity contribution in [2.45, 2.75) is 26.9 Å². The molecule has 0 spiro atoms. The van der Waals surface area contributed by atoms with Crippen LogP contribution in [0.25, 0.3) is 0 Å². The van der Waals surface area contributed by atoms with Gasteiger partial charge in [-0.1, -0.05) is 19.9 Å². The molecule has 0 bridgehead atoms. The second kappa shape index (κ2) is 8.91. The van der Waals surface area contributed by atoms with Crippen LogP contribution in [0.15, 0.2) is 42.5 Å². The van der Waals surface area contributed by atoms with Gasteiger partial charge < -0.3 is 14.4 Å². The van der Waals surface area contributed by atoms with E-state index < -0.39 is 0 Å². The van der Waals surface area contributed by atoms with Gasteiger partial charge in [-0.15, -0.1) is 0 Å². The summed E-state index contributed by atoms with van der Waals surface area (Å²) in [4.78, 5) is 17.2. The van der Waals surface area contributed by atoms with Gasteiger partial charge in [0.25, 0.3) is 5.91 Å². The summed E-state index contributed by atoms with van der Waals surface area (Å²) < 4.78 is 11.1. The number of benzene rings is 2. The predicted octanol–water partition coefficient (Wildman–Crippen LogP) is 3.57. The molecule has 144 valence electrons. The first kappa shape index (κ1) is 19.2. The van der Waals surface area contributed by atoms with Crippen LogP contribution in [0.3, 0.4) is 0 Å². The SMILES string of the molecule is CCN(CC)Cc1ccc2c(c1)CN(C(=O)c1ccc(OC)cc1)CCO2. The molecular weight excluding hydrogens is 340 g/mol. The maximum atomic E-state index is 12.9. The average molecular weight is 368 g/mol. The molecule has 1 amide bonds. The minimum absolute atomic E-state index is 0.0169. The summed E-state index contributed by atoms with van der Waals surface area (Å²) in [5.74, 6) is 1.64. The van der Waals surface area contributed by atoms with Crippen LogP contribution in [0.4, 0.5) is 0 Å². The van der Waals surface area contributed by atoms with Gasteiger partial charge in [0.2, 0.25) is 0 Å². The highest BCUT2D eigenvalue weighted by Gasteiger charge is 2.21. The van der Waals surface area contributed by atoms with Gasteiger partial charge in [0.1, 0.15) is 18.1 Å². The van der Waals surface area contributed by atoms with Crippen molar-refractivity contribution in [3.8, 4) is 11.5 Å². The summed E-state index contributed by atoms with van der Waals surface area (Å²) in [6.45, 7) is 8.93. The van der Waals surface area contributed by atoms with Crippen molar-refractivity contribution in [2.75, 3.05) is 33.4 Å². The van der Waals surface area contributed by atoms with Crippen molar-refractivity contribution in [3.63, 3.8) is 0 Å². The number of amides is 1. The lowest BCUT2D eigenvalue weighted by molar-refractivity contribution is 0.0733. The normalized spacial score (nSPS) is 13.7. The zero-order chi connectivity index (χ0) is 19.2. The van der Waals surface area contributed by atoms with Crippen LogP contribution >= 0.6 is 0 Å². The Morgan fingerprint density at radius 1 is 1.15 bits per heavy atom. The van der Waals surface area contributed by atoms with E-state index in [-0.39, 0.29) is 5.91 Å². The van der Waals surface area contributed by atoms with Gasteiger partial charge in [-0.05, 0) is 55.1 Å². The third-order valence-corrected chi connectivity index (χ3v) is 5.03. The molecular formula is C22H28N2O3. The Balaban J connectivity index is 1.78. The van der Waals surface area contributed by atoms with E-state index in [9.17, 15) is 4.79 Å². The Labute approximate surface area is 161 Å². The Kier molecular flexibility index (Phi) is 6.35. The minimum atomic E-state index is 0.0169. The highest BCUT2D eigenvalue weighted by molar-refractivity contribution is 5.94. The summed E-state index contributed by atoms with van der Waals surface area (Å²) >= 11 is 0. The zero-order valence-electron chi connectivity index (χ0n) is 16.4. The van der Waals surface area contributed by atoms with Crippen LogP contribution in [0, 0.1) is 0 Å². The van der Waals surface area contributed by atoms with Crippen LogP contribution in [0.1, 0.15) is 35.3 Å². The number of fused-ring (bicyclic) bond motifs is 1. The number of nitrogens with zero attached hydrogens (tertiary/aromatic N) is 2. The third-order valence-electron chi connectivity index (χ3n) is 5.03. The third kappa shape index (κ3) is 4.61. The second-order valence-corrected chi connectivity index (χ2v) is 6.71. The molecule has 0 unspecified atom stereocenters. The van der Waals surface area contributed by atoms with Crippen LogP contribution < -0.4 is 9.47 Å². The zero-order valence-corrected chi connectivity index (χ0v) is 16.4. The number of hydrogen-bond donors (Lipinski definition) is 0. The van der Waals surface area contributed by atoms with Crippen LogP contribution in [-0.4, -0.2) is 49.1 Å². The maximum Gasteiger partial charge on any atom is 0.254 e. The molecule has 0 atom stereocenters. The standard InChI is InChI=1S/C22H28N2O3/c1-4-23(5-2)15-17-6-11-21-19(14-17)16-24(12-13-27-21)22(25)18-7-9-20(26-3)10-8-18/h6-11,14H,4-5,12-13,15-16H2,1-3H3. The van der Waals surface area contributed by atoms with Gasteiger partial charge in [-0.3, -0.25) is 9.69 Å². The lowest BCUT2D eigenvalue weighted by atomic mass is 10.1. The summed E-state index contributed by atoms with van der Waals surface area (Å²) in [6, 6.07) is 13.6. The van der Waals surface area contributed by atoms with Crippen molar-refractivity contribution < 1.29 is 14.3 Å². The van der Waals surface area contributed by atoms with Crippen molar-refractivity contribution in [3.05, 3.63) is 59.2 Å². The van der Waals surface area contributed by atoms with Crippen LogP contribution in [0.5, 0.6) is 11.5 Å². The first-order valence-corrected chi connectivity index (χ1v) is 9.54. The van der Waals surface area contributed by atoms with Gasteiger partial charge >= 0.3 is 0 Å². The topological polar surface area (TPSA) is 42.0 Å². The molecule has 1 heterocycles. The number of hydrogen-bond acceptors (Lipinski definition) is 4. The summed E-state index contributed by atoms with van der Waals surface area (Å²) in [6.07, 6.45) is 0. The molecule has 0 radical (unpaired) electrons. The fraction of sp³-hybridized carbons (Fsp3) is 0.409. The van der Waals surface area contributed by atoms with E-state index in [1.807, 2.05) is 35.2 Å². The molecule has 5 heteroatoms. The number of carbonyl (C=O) groups is 1. The molecule has 5 nitrogen and oxygen atoms in total. The highest BCUT2D eigenvalue weighted by Crippen LogP contribution is 2.26. The molecule has 3 rings (SSSR count). The number of carbonyl (C=O) groups excluding carboxylic acids is 1. The fourth-order valence-electron chi connectivity index (χ4n) is 3.34. The Morgan fingerprint density at radius 3 is 2.56 bits per heavy atom. The fourth-order valence-corrected chi connectivity index (χ4v) is 3.34. The predicted molar refractivity (Wildman–Crippen MR) is 106 cm³/mol. The van der Waals surface area contributed by atoms with Crippen molar-refractivity contribution >= 4 is 5.91 Å². The van der Waals surface area contributed by atoms with E-state index in [0.29, 0.717) is 25.3 Å². The Hall–Kier alpha value is -2.53. The maximum absolute atomic E-state index is 12.9. The monoisotopic (exact) mass is 368 g/mol. The number of rotatable bonds is 6. The van der Waals surface area contributed by atoms with Gasteiger partial charge in [-0.25, -0.2) is 0 Å². The molecule has 0 aliphatic carbocycles. The largest absolute Gasteiger partial charge is 0.497 e. The van der Waals surface area contributed by atoms with E-state index in [0.717, 1.165) is 36.7 Å². The quantitative estimate of drug-likeness (QED) is 0.782. The summed E-state index contributed by atoms with van der Waals surface area (Å²) in [7, 11) is 1.62. The molecule has 0 aromatic heterocycles. The molecule has 27 heavy (non-hydrogen) atoms. The lowest BCUT2D eigenvalue weighted by Crippen LogP contribution is -2.32. The van der Waals surface area contributed by atoms with Crippen molar-refractivity contribution in [1.29, 1.82) is 0 Å². The molecule has 0 saturated carbocycles. The van der Waals surface area contributed by atoms with Gasteiger partial charge in [0, 0.05) is 24.2 Å².